The highest BCUT2D eigenvalue weighted by Gasteiger charge is 2.05. The highest BCUT2D eigenvalue weighted by molar-refractivity contribution is 7.98. The third-order valence-corrected chi connectivity index (χ3v) is 3.24. The average Bonchev–Trinajstić information content (AvgIpc) is 2.30. The Morgan fingerprint density at radius 1 is 1.12 bits per heavy atom. The number of thioether (sulfide) groups is 1. The van der Waals surface area contributed by atoms with Crippen LogP contribution >= 0.6 is 23.4 Å². The van der Waals surface area contributed by atoms with Gasteiger partial charge in [0.2, 0.25) is 0 Å². The largest absolute Gasteiger partial charge is 0.207 e. The van der Waals surface area contributed by atoms with Gasteiger partial charge in [-0.25, -0.2) is 8.78 Å². The Bertz CT molecular complexity index is 519. The van der Waals surface area contributed by atoms with Crippen LogP contribution in [0.2, 0.25) is 5.15 Å². The van der Waals surface area contributed by atoms with Crippen LogP contribution in [0.15, 0.2) is 35.2 Å². The van der Waals surface area contributed by atoms with Crippen LogP contribution in [0, 0.1) is 11.6 Å². The van der Waals surface area contributed by atoms with Crippen LogP contribution in [0.25, 0.3) is 0 Å². The molecule has 2 nitrogen and oxygen atoms in total. The van der Waals surface area contributed by atoms with Gasteiger partial charge in [0.15, 0.2) is 5.15 Å². The van der Waals surface area contributed by atoms with Crippen LogP contribution in [0.3, 0.4) is 0 Å². The Morgan fingerprint density at radius 3 is 2.59 bits per heavy atom. The molecule has 2 aromatic rings. The van der Waals surface area contributed by atoms with Crippen molar-refractivity contribution in [2.24, 2.45) is 0 Å². The highest BCUT2D eigenvalue weighted by Crippen LogP contribution is 2.25. The number of aromatic nitrogens is 2. The van der Waals surface area contributed by atoms with E-state index in [1.807, 2.05) is 0 Å². The molecule has 0 aliphatic heterocycles. The third kappa shape index (κ3) is 3.38. The molecule has 0 bridgehead atoms. The van der Waals surface area contributed by atoms with Crippen molar-refractivity contribution in [3.8, 4) is 0 Å². The van der Waals surface area contributed by atoms with Crippen molar-refractivity contribution >= 4 is 23.4 Å². The fourth-order valence-corrected chi connectivity index (χ4v) is 2.08. The zero-order chi connectivity index (χ0) is 12.3. The van der Waals surface area contributed by atoms with E-state index in [1.54, 1.807) is 12.1 Å². The molecule has 0 aliphatic rings. The van der Waals surface area contributed by atoms with E-state index in [-0.39, 0.29) is 0 Å². The predicted molar refractivity (Wildman–Crippen MR) is 63.0 cm³/mol. The first-order chi connectivity index (χ1) is 8.15. The van der Waals surface area contributed by atoms with Gasteiger partial charge >= 0.3 is 0 Å². The summed E-state index contributed by atoms with van der Waals surface area (Å²) in [6.07, 6.45) is 0. The molecular formula is C11H7ClF2N2S. The summed E-state index contributed by atoms with van der Waals surface area (Å²) >= 11 is 6.82. The molecule has 88 valence electrons. The molecule has 17 heavy (non-hydrogen) atoms. The fourth-order valence-electron chi connectivity index (χ4n) is 1.16. The van der Waals surface area contributed by atoms with Gasteiger partial charge in [-0.3, -0.25) is 0 Å². The van der Waals surface area contributed by atoms with E-state index in [9.17, 15) is 8.78 Å². The summed E-state index contributed by atoms with van der Waals surface area (Å²) in [5, 5.41) is 7.83. The summed E-state index contributed by atoms with van der Waals surface area (Å²) in [5.74, 6) is -0.706. The molecule has 1 aromatic heterocycles. The van der Waals surface area contributed by atoms with E-state index in [4.69, 9.17) is 11.6 Å². The number of hydrogen-bond donors (Lipinski definition) is 0. The van der Waals surface area contributed by atoms with E-state index in [0.29, 0.717) is 21.5 Å². The van der Waals surface area contributed by atoms with Crippen molar-refractivity contribution in [2.45, 2.75) is 10.6 Å². The second-order valence-electron chi connectivity index (χ2n) is 3.21. The molecule has 0 N–H and O–H groups in total. The molecule has 0 spiro atoms. The smallest absolute Gasteiger partial charge is 0.151 e. The van der Waals surface area contributed by atoms with Gasteiger partial charge in [-0.05, 0) is 24.3 Å². The SMILES string of the molecule is Fc1ccc(SCc2ccc(Cl)nn2)c(F)c1. The van der Waals surface area contributed by atoms with Crippen molar-refractivity contribution in [3.05, 3.63) is 52.8 Å². The summed E-state index contributed by atoms with van der Waals surface area (Å²) in [5.41, 5.74) is 0.683. The molecule has 1 aromatic carbocycles. The molecule has 0 fully saturated rings. The topological polar surface area (TPSA) is 25.8 Å². The van der Waals surface area contributed by atoms with E-state index < -0.39 is 11.6 Å². The number of halogens is 3. The minimum absolute atomic E-state index is 0.312. The third-order valence-electron chi connectivity index (χ3n) is 1.96. The maximum atomic E-state index is 13.3. The van der Waals surface area contributed by atoms with Crippen LogP contribution in [-0.4, -0.2) is 10.2 Å². The maximum absolute atomic E-state index is 13.3. The highest BCUT2D eigenvalue weighted by atomic mass is 35.5. The van der Waals surface area contributed by atoms with Gasteiger partial charge in [-0.2, -0.15) is 5.10 Å². The number of benzene rings is 1. The number of hydrogen-bond acceptors (Lipinski definition) is 3. The van der Waals surface area contributed by atoms with E-state index in [0.717, 1.165) is 6.07 Å². The molecule has 1 heterocycles. The van der Waals surface area contributed by atoms with Crippen LogP contribution in [0.5, 0.6) is 0 Å². The lowest BCUT2D eigenvalue weighted by Gasteiger charge is -2.02. The second kappa shape index (κ2) is 5.42. The normalized spacial score (nSPS) is 10.5. The molecule has 0 saturated heterocycles. The molecule has 0 unspecified atom stereocenters. The summed E-state index contributed by atoms with van der Waals surface area (Å²) in [7, 11) is 0. The lowest BCUT2D eigenvalue weighted by Crippen LogP contribution is -1.91. The van der Waals surface area contributed by atoms with Gasteiger partial charge in [0.1, 0.15) is 11.6 Å². The van der Waals surface area contributed by atoms with E-state index >= 15 is 0 Å². The van der Waals surface area contributed by atoms with Crippen LogP contribution in [0.4, 0.5) is 8.78 Å². The van der Waals surface area contributed by atoms with Crippen molar-refractivity contribution in [3.63, 3.8) is 0 Å². The van der Waals surface area contributed by atoms with Crippen molar-refractivity contribution < 1.29 is 8.78 Å². The number of rotatable bonds is 3. The summed E-state index contributed by atoms with van der Waals surface area (Å²) in [6, 6.07) is 6.81. The Hall–Kier alpha value is -1.20. The second-order valence-corrected chi connectivity index (χ2v) is 4.62. The fraction of sp³-hybridized carbons (Fsp3) is 0.0909. The average molecular weight is 273 g/mol. The summed E-state index contributed by atoms with van der Waals surface area (Å²) in [4.78, 5) is 0.378. The van der Waals surface area contributed by atoms with Crippen LogP contribution < -0.4 is 0 Å². The number of nitrogens with zero attached hydrogens (tertiary/aromatic N) is 2. The molecule has 0 aliphatic carbocycles. The van der Waals surface area contributed by atoms with Gasteiger partial charge in [-0.1, -0.05) is 11.6 Å². The quantitative estimate of drug-likeness (QED) is 0.797. The Morgan fingerprint density at radius 2 is 1.94 bits per heavy atom. The molecule has 6 heteroatoms. The Balaban J connectivity index is 2.04. The molecular weight excluding hydrogens is 266 g/mol. The minimum Gasteiger partial charge on any atom is -0.207 e. The Labute approximate surface area is 106 Å². The van der Waals surface area contributed by atoms with Gasteiger partial charge < -0.3 is 0 Å². The van der Waals surface area contributed by atoms with Gasteiger partial charge in [-0.15, -0.1) is 16.9 Å². The van der Waals surface area contributed by atoms with Gasteiger partial charge in [0.05, 0.1) is 5.69 Å². The maximum Gasteiger partial charge on any atom is 0.151 e. The molecule has 0 radical (unpaired) electrons. The molecule has 2 rings (SSSR count). The molecule has 0 saturated carbocycles. The van der Waals surface area contributed by atoms with Crippen LogP contribution in [-0.2, 0) is 5.75 Å². The van der Waals surface area contributed by atoms with Crippen LogP contribution in [0.1, 0.15) is 5.69 Å². The summed E-state index contributed by atoms with van der Waals surface area (Å²) < 4.78 is 26.0. The first-order valence-electron chi connectivity index (χ1n) is 4.71. The Kier molecular flexibility index (Phi) is 3.91. The zero-order valence-corrected chi connectivity index (χ0v) is 10.1. The van der Waals surface area contributed by atoms with E-state index in [2.05, 4.69) is 10.2 Å². The minimum atomic E-state index is -0.585. The van der Waals surface area contributed by atoms with E-state index in [1.165, 1.54) is 23.9 Å². The molecule has 0 amide bonds. The molecule has 0 atom stereocenters. The van der Waals surface area contributed by atoms with Crippen molar-refractivity contribution in [2.75, 3.05) is 0 Å². The van der Waals surface area contributed by atoms with Crippen molar-refractivity contribution in [1.29, 1.82) is 0 Å². The van der Waals surface area contributed by atoms with Crippen molar-refractivity contribution in [1.82, 2.24) is 10.2 Å². The lowest BCUT2D eigenvalue weighted by molar-refractivity contribution is 0.565. The summed E-state index contributed by atoms with van der Waals surface area (Å²) in [6.45, 7) is 0. The first kappa shape index (κ1) is 12.3. The lowest BCUT2D eigenvalue weighted by atomic mass is 10.3. The zero-order valence-electron chi connectivity index (χ0n) is 8.53. The van der Waals surface area contributed by atoms with Gasteiger partial charge in [0.25, 0.3) is 0 Å². The van der Waals surface area contributed by atoms with Gasteiger partial charge in [0, 0.05) is 16.7 Å². The predicted octanol–water partition coefficient (Wildman–Crippen LogP) is 3.70. The first-order valence-corrected chi connectivity index (χ1v) is 6.07. The standard InChI is InChI=1S/C11H7ClF2N2S/c12-11-4-2-8(15-16-11)6-17-10-3-1-7(13)5-9(10)14/h1-5H,6H2. The monoisotopic (exact) mass is 272 g/mol.